The van der Waals surface area contributed by atoms with Crippen molar-refractivity contribution in [2.24, 2.45) is 4.99 Å². The van der Waals surface area contributed by atoms with Crippen LogP contribution >= 0.6 is 23.2 Å². The zero-order valence-corrected chi connectivity index (χ0v) is 23.2. The van der Waals surface area contributed by atoms with Crippen molar-refractivity contribution in [1.82, 2.24) is 0 Å². The number of hydrogen-bond acceptors (Lipinski definition) is 4. The molecule has 0 unspecified atom stereocenters. The fourth-order valence-electron chi connectivity index (χ4n) is 4.55. The van der Waals surface area contributed by atoms with Gasteiger partial charge in [-0.2, -0.15) is 0 Å². The Hall–Kier alpha value is -4.65. The quantitative estimate of drug-likeness (QED) is 0.258. The average Bonchev–Trinajstić information content (AvgIpc) is 2.97. The average molecular weight is 583 g/mol. The summed E-state index contributed by atoms with van der Waals surface area (Å²) in [6.45, 7) is 0. The van der Waals surface area contributed by atoms with Gasteiger partial charge in [0.1, 0.15) is 0 Å². The number of nitrogens with one attached hydrogen (secondary N) is 1. The van der Waals surface area contributed by atoms with Gasteiger partial charge in [0.05, 0.1) is 32.6 Å². The molecule has 0 aliphatic heterocycles. The van der Waals surface area contributed by atoms with Crippen LogP contribution in [0.1, 0.15) is 39.1 Å². The lowest BCUT2D eigenvalue weighted by Gasteiger charge is -2.17. The maximum atomic E-state index is 11.4. The predicted octanol–water partition coefficient (Wildman–Crippen LogP) is 9.06. The second-order valence-corrected chi connectivity index (χ2v) is 10.2. The van der Waals surface area contributed by atoms with Gasteiger partial charge in [0.2, 0.25) is 0 Å². The minimum absolute atomic E-state index is 0.00695. The third-order valence-corrected chi connectivity index (χ3v) is 7.20. The van der Waals surface area contributed by atoms with E-state index in [1.165, 1.54) is 18.2 Å². The molecular weight excluding hydrogens is 559 g/mol. The van der Waals surface area contributed by atoms with Crippen LogP contribution in [0.25, 0.3) is 5.57 Å². The van der Waals surface area contributed by atoms with E-state index in [0.29, 0.717) is 17.1 Å². The molecule has 0 fully saturated rings. The highest BCUT2D eigenvalue weighted by molar-refractivity contribution is 6.34. The van der Waals surface area contributed by atoms with Crippen molar-refractivity contribution in [3.63, 3.8) is 0 Å². The van der Waals surface area contributed by atoms with Gasteiger partial charge in [-0.3, -0.25) is 0 Å². The van der Waals surface area contributed by atoms with E-state index in [9.17, 15) is 19.8 Å². The SMILES string of the molecule is O=C(O)c1cc(N=C2C=CC(=C(C3=CCCC=C3)c3ccc(Nc4ccc(Cl)c(C(=O)O)c4)cc3)C=C2)ccc1Cl. The highest BCUT2D eigenvalue weighted by atomic mass is 35.5. The third kappa shape index (κ3) is 6.57. The summed E-state index contributed by atoms with van der Waals surface area (Å²) in [6.07, 6.45) is 16.3. The second kappa shape index (κ2) is 12.3. The lowest BCUT2D eigenvalue weighted by atomic mass is 9.88. The largest absolute Gasteiger partial charge is 0.478 e. The van der Waals surface area contributed by atoms with Gasteiger partial charge in [0.25, 0.3) is 0 Å². The number of hydrogen-bond donors (Lipinski definition) is 3. The molecule has 3 aromatic rings. The Balaban J connectivity index is 1.44. The maximum absolute atomic E-state index is 11.4. The van der Waals surface area contributed by atoms with E-state index in [1.807, 2.05) is 48.6 Å². The van der Waals surface area contributed by atoms with Crippen LogP contribution in [0.3, 0.4) is 0 Å². The van der Waals surface area contributed by atoms with E-state index < -0.39 is 11.9 Å². The minimum atomic E-state index is -1.10. The van der Waals surface area contributed by atoms with E-state index in [2.05, 4.69) is 28.5 Å². The first-order valence-corrected chi connectivity index (χ1v) is 13.5. The molecule has 2 aliphatic rings. The summed E-state index contributed by atoms with van der Waals surface area (Å²) in [5.41, 5.74) is 6.87. The summed E-state index contributed by atoms with van der Waals surface area (Å²) >= 11 is 12.0. The van der Waals surface area contributed by atoms with Crippen molar-refractivity contribution >= 4 is 63.5 Å². The van der Waals surface area contributed by atoms with Crippen molar-refractivity contribution in [3.05, 3.63) is 141 Å². The Kier molecular flexibility index (Phi) is 8.34. The highest BCUT2D eigenvalue weighted by Crippen LogP contribution is 2.34. The molecule has 6 nitrogen and oxygen atoms in total. The van der Waals surface area contributed by atoms with Crippen molar-refractivity contribution in [2.45, 2.75) is 12.8 Å². The summed E-state index contributed by atoms with van der Waals surface area (Å²) < 4.78 is 0. The maximum Gasteiger partial charge on any atom is 0.337 e. The van der Waals surface area contributed by atoms with Crippen LogP contribution in [0.15, 0.2) is 119 Å². The fraction of sp³-hybridized carbons (Fsp3) is 0.0606. The first-order valence-electron chi connectivity index (χ1n) is 12.8. The molecule has 0 radical (unpaired) electrons. The molecule has 0 aromatic heterocycles. The molecule has 0 heterocycles. The van der Waals surface area contributed by atoms with Gasteiger partial charge in [0.15, 0.2) is 0 Å². The van der Waals surface area contributed by atoms with Crippen LogP contribution in [0, 0.1) is 0 Å². The first-order chi connectivity index (χ1) is 19.8. The number of halogens is 2. The molecule has 8 heteroatoms. The van der Waals surface area contributed by atoms with Gasteiger partial charge in [-0.15, -0.1) is 0 Å². The van der Waals surface area contributed by atoms with Crippen molar-refractivity contribution in [1.29, 1.82) is 0 Å². The standard InChI is InChI=1S/C33H24Cl2N2O4/c34-29-16-14-25(18-27(29)32(38)39)36-23-10-6-21(7-11-23)31(20-4-2-1-3-5-20)22-8-12-24(13-9-22)37-26-15-17-30(35)28(19-26)33(40)41/h2,4-19,36H,1,3H2,(H,38,39)(H,40,41). The number of aliphatic imine (C=N–C) groups is 1. The summed E-state index contributed by atoms with van der Waals surface area (Å²) in [5.74, 6) is -2.19. The minimum Gasteiger partial charge on any atom is -0.478 e. The molecule has 2 aliphatic carbocycles. The van der Waals surface area contributed by atoms with Crippen molar-refractivity contribution < 1.29 is 19.8 Å². The molecule has 0 spiro atoms. The Morgan fingerprint density at radius 1 is 0.732 bits per heavy atom. The summed E-state index contributed by atoms with van der Waals surface area (Å²) in [6, 6.07) is 17.4. The molecule has 0 saturated carbocycles. The van der Waals surface area contributed by atoms with Gasteiger partial charge in [-0.1, -0.05) is 65.7 Å². The smallest absolute Gasteiger partial charge is 0.337 e. The van der Waals surface area contributed by atoms with Crippen molar-refractivity contribution in [2.75, 3.05) is 5.32 Å². The van der Waals surface area contributed by atoms with E-state index in [-0.39, 0.29) is 21.2 Å². The Labute approximate surface area is 247 Å². The third-order valence-electron chi connectivity index (χ3n) is 6.54. The molecule has 0 saturated heterocycles. The molecule has 3 aromatic carbocycles. The number of allylic oxidation sites excluding steroid dienone is 10. The predicted molar refractivity (Wildman–Crippen MR) is 165 cm³/mol. The zero-order valence-electron chi connectivity index (χ0n) is 21.6. The number of aromatic carboxylic acids is 2. The molecule has 0 atom stereocenters. The van der Waals surface area contributed by atoms with E-state index >= 15 is 0 Å². The number of nitrogens with zero attached hydrogens (tertiary/aromatic N) is 1. The van der Waals surface area contributed by atoms with Gasteiger partial charge >= 0.3 is 11.9 Å². The molecule has 204 valence electrons. The van der Waals surface area contributed by atoms with E-state index in [4.69, 9.17) is 23.2 Å². The van der Waals surface area contributed by atoms with Crippen LogP contribution in [-0.2, 0) is 0 Å². The summed E-state index contributed by atoms with van der Waals surface area (Å²) in [5, 5.41) is 22.3. The normalized spacial score (nSPS) is 14.0. The fourth-order valence-corrected chi connectivity index (χ4v) is 4.95. The number of carboxylic acids is 2. The summed E-state index contributed by atoms with van der Waals surface area (Å²) in [4.78, 5) is 27.4. The lowest BCUT2D eigenvalue weighted by Crippen LogP contribution is -2.01. The topological polar surface area (TPSA) is 99.0 Å². The monoisotopic (exact) mass is 582 g/mol. The molecule has 41 heavy (non-hydrogen) atoms. The number of rotatable bonds is 7. The molecule has 3 N–H and O–H groups in total. The van der Waals surface area contributed by atoms with E-state index in [0.717, 1.165) is 40.8 Å². The Bertz CT molecular complexity index is 1710. The van der Waals surface area contributed by atoms with Crippen LogP contribution in [0.4, 0.5) is 17.1 Å². The second-order valence-electron chi connectivity index (χ2n) is 9.34. The first kappa shape index (κ1) is 27.9. The van der Waals surface area contributed by atoms with Gasteiger partial charge < -0.3 is 15.5 Å². The van der Waals surface area contributed by atoms with Crippen LogP contribution in [0.2, 0.25) is 10.0 Å². The van der Waals surface area contributed by atoms with Gasteiger partial charge in [-0.05, 0) is 95.8 Å². The van der Waals surface area contributed by atoms with Crippen LogP contribution in [-0.4, -0.2) is 27.9 Å². The zero-order chi connectivity index (χ0) is 28.9. The highest BCUT2D eigenvalue weighted by Gasteiger charge is 2.15. The Morgan fingerprint density at radius 2 is 1.37 bits per heavy atom. The summed E-state index contributed by atoms with van der Waals surface area (Å²) in [7, 11) is 0. The lowest BCUT2D eigenvalue weighted by molar-refractivity contribution is 0.0686. The number of carbonyl (C=O) groups is 2. The van der Waals surface area contributed by atoms with Crippen LogP contribution < -0.4 is 5.32 Å². The molecule has 0 bridgehead atoms. The van der Waals surface area contributed by atoms with Crippen molar-refractivity contribution in [3.8, 4) is 0 Å². The van der Waals surface area contributed by atoms with E-state index in [1.54, 1.807) is 18.2 Å². The van der Waals surface area contributed by atoms with Gasteiger partial charge in [0, 0.05) is 11.4 Å². The number of anilines is 2. The molecule has 5 rings (SSSR count). The number of benzene rings is 3. The molecular formula is C33H24Cl2N2O4. The van der Waals surface area contributed by atoms with Gasteiger partial charge in [-0.25, -0.2) is 14.6 Å². The number of carboxylic acid groups (broad SMARTS) is 2. The van der Waals surface area contributed by atoms with Crippen LogP contribution in [0.5, 0.6) is 0 Å². The Morgan fingerprint density at radius 3 is 2.00 bits per heavy atom. The molecule has 0 amide bonds.